The van der Waals surface area contributed by atoms with E-state index in [1.165, 1.54) is 30.5 Å². The second-order valence-corrected chi connectivity index (χ2v) is 4.24. The van der Waals surface area contributed by atoms with E-state index in [0.29, 0.717) is 11.3 Å². The van der Waals surface area contributed by atoms with E-state index in [9.17, 15) is 9.18 Å². The van der Waals surface area contributed by atoms with Gasteiger partial charge in [0.25, 0.3) is 0 Å². The van der Waals surface area contributed by atoms with Gasteiger partial charge in [0.05, 0.1) is 12.7 Å². The average Bonchev–Trinajstić information content (AvgIpc) is 2.54. The van der Waals surface area contributed by atoms with Crippen LogP contribution in [0.5, 0.6) is 11.5 Å². The van der Waals surface area contributed by atoms with E-state index in [1.807, 2.05) is 0 Å². The fourth-order valence-electron chi connectivity index (χ4n) is 1.61. The molecule has 0 bridgehead atoms. The predicted octanol–water partition coefficient (Wildman–Crippen LogP) is 2.78. The molecular weight excluding hydrogens is 283 g/mol. The summed E-state index contributed by atoms with van der Waals surface area (Å²) < 4.78 is 19.3. The van der Waals surface area contributed by atoms with Crippen LogP contribution in [-0.4, -0.2) is 17.4 Å². The molecule has 0 fully saturated rings. The topological polar surface area (TPSA) is 51.2 Å². The number of nitrogens with zero attached hydrogens (tertiary/aromatic N) is 1. The van der Waals surface area contributed by atoms with Gasteiger partial charge in [-0.3, -0.25) is 9.78 Å². The number of terminal acetylenes is 1. The molecule has 1 amide bonds. The minimum absolute atomic E-state index is 0.0851. The normalized spacial score (nSPS) is 10.2. The van der Waals surface area contributed by atoms with Gasteiger partial charge in [-0.25, -0.2) is 4.39 Å². The van der Waals surface area contributed by atoms with Crippen molar-refractivity contribution in [2.24, 2.45) is 0 Å². The van der Waals surface area contributed by atoms with Gasteiger partial charge in [-0.2, -0.15) is 0 Å². The zero-order valence-corrected chi connectivity index (χ0v) is 11.6. The van der Waals surface area contributed by atoms with E-state index in [0.717, 1.165) is 0 Å². The number of ether oxygens (including phenoxy) is 1. The van der Waals surface area contributed by atoms with Crippen LogP contribution in [0.2, 0.25) is 0 Å². The summed E-state index contributed by atoms with van der Waals surface area (Å²) in [5.41, 5.74) is 0.534. The lowest BCUT2D eigenvalue weighted by molar-refractivity contribution is -0.116. The number of pyridine rings is 1. The predicted molar refractivity (Wildman–Crippen MR) is 81.6 cm³/mol. The molecule has 4 nitrogen and oxygen atoms in total. The summed E-state index contributed by atoms with van der Waals surface area (Å²) in [5, 5.41) is 2.47. The summed E-state index contributed by atoms with van der Waals surface area (Å²) in [6, 6.07) is 7.77. The lowest BCUT2D eigenvalue weighted by Crippen LogP contribution is -2.20. The molecule has 5 heteroatoms. The Morgan fingerprint density at radius 2 is 2.32 bits per heavy atom. The summed E-state index contributed by atoms with van der Waals surface area (Å²) in [7, 11) is 0. The Morgan fingerprint density at radius 1 is 1.45 bits per heavy atom. The van der Waals surface area contributed by atoms with Crippen molar-refractivity contribution in [2.45, 2.75) is 0 Å². The second kappa shape index (κ2) is 7.60. The number of rotatable bonds is 5. The molecule has 0 atom stereocenters. The van der Waals surface area contributed by atoms with Gasteiger partial charge in [-0.15, -0.1) is 6.42 Å². The zero-order valence-electron chi connectivity index (χ0n) is 11.6. The molecule has 0 aliphatic rings. The van der Waals surface area contributed by atoms with Crippen LogP contribution in [0.1, 0.15) is 5.56 Å². The maximum atomic E-state index is 14.0. The van der Waals surface area contributed by atoms with Crippen LogP contribution >= 0.6 is 0 Å². The number of carbonyl (C=O) groups is 1. The third-order valence-corrected chi connectivity index (χ3v) is 2.61. The number of hydrogen-bond acceptors (Lipinski definition) is 3. The Morgan fingerprint density at radius 3 is 3.00 bits per heavy atom. The molecule has 0 spiro atoms. The largest absolute Gasteiger partial charge is 0.453 e. The van der Waals surface area contributed by atoms with Crippen LogP contribution in [0.4, 0.5) is 4.39 Å². The highest BCUT2D eigenvalue weighted by molar-refractivity contribution is 5.91. The van der Waals surface area contributed by atoms with Crippen molar-refractivity contribution in [3.63, 3.8) is 0 Å². The molecule has 1 N–H and O–H groups in total. The van der Waals surface area contributed by atoms with Crippen LogP contribution in [0.25, 0.3) is 6.08 Å². The van der Waals surface area contributed by atoms with Crippen LogP contribution in [0, 0.1) is 18.2 Å². The summed E-state index contributed by atoms with van der Waals surface area (Å²) in [4.78, 5) is 15.2. The van der Waals surface area contributed by atoms with Gasteiger partial charge in [0, 0.05) is 12.3 Å². The average molecular weight is 296 g/mol. The van der Waals surface area contributed by atoms with Crippen molar-refractivity contribution >= 4 is 12.0 Å². The number of aromatic nitrogens is 1. The molecule has 0 saturated carbocycles. The maximum Gasteiger partial charge on any atom is 0.244 e. The first-order valence-electron chi connectivity index (χ1n) is 6.46. The van der Waals surface area contributed by atoms with Gasteiger partial charge in [0.1, 0.15) is 5.75 Å². The van der Waals surface area contributed by atoms with Crippen LogP contribution in [0.15, 0.2) is 48.8 Å². The third-order valence-electron chi connectivity index (χ3n) is 2.61. The number of carbonyl (C=O) groups excluding carboxylic acids is 1. The number of nitrogens with one attached hydrogen (secondary N) is 1. The quantitative estimate of drug-likeness (QED) is 0.682. The van der Waals surface area contributed by atoms with Crippen LogP contribution in [-0.2, 0) is 4.79 Å². The standard InChI is InChI=1S/C17H13FN2O2/c1-2-9-20-17(21)8-6-13-5-7-16(15(18)11-13)22-14-4-3-10-19-12-14/h1,3-8,10-12H,9H2,(H,20,21). The number of hydrogen-bond donors (Lipinski definition) is 1. The summed E-state index contributed by atoms with van der Waals surface area (Å²) in [5.74, 6) is 1.95. The molecule has 0 saturated heterocycles. The fourth-order valence-corrected chi connectivity index (χ4v) is 1.61. The molecule has 1 heterocycles. The summed E-state index contributed by atoms with van der Waals surface area (Å²) in [6.45, 7) is 0.148. The van der Waals surface area contributed by atoms with Crippen molar-refractivity contribution in [1.82, 2.24) is 10.3 Å². The van der Waals surface area contributed by atoms with Crippen LogP contribution in [0.3, 0.4) is 0 Å². The highest BCUT2D eigenvalue weighted by Gasteiger charge is 2.05. The van der Waals surface area contributed by atoms with Gasteiger partial charge < -0.3 is 10.1 Å². The van der Waals surface area contributed by atoms with Gasteiger partial charge in [-0.05, 0) is 35.9 Å². The zero-order chi connectivity index (χ0) is 15.8. The second-order valence-electron chi connectivity index (χ2n) is 4.24. The third kappa shape index (κ3) is 4.46. The molecule has 1 aromatic carbocycles. The molecular formula is C17H13FN2O2. The minimum atomic E-state index is -0.532. The molecule has 0 aliphatic carbocycles. The van der Waals surface area contributed by atoms with Gasteiger partial charge in [-0.1, -0.05) is 12.0 Å². The number of halogens is 1. The first kappa shape index (κ1) is 15.3. The molecule has 0 unspecified atom stereocenters. The van der Waals surface area contributed by atoms with Crippen LogP contribution < -0.4 is 10.1 Å². The van der Waals surface area contributed by atoms with E-state index >= 15 is 0 Å². The first-order chi connectivity index (χ1) is 10.7. The highest BCUT2D eigenvalue weighted by Crippen LogP contribution is 2.24. The van der Waals surface area contributed by atoms with E-state index in [2.05, 4.69) is 16.2 Å². The Hall–Kier alpha value is -3.13. The summed E-state index contributed by atoms with van der Waals surface area (Å²) in [6.07, 6.45) is 10.9. The highest BCUT2D eigenvalue weighted by atomic mass is 19.1. The fraction of sp³-hybridized carbons (Fsp3) is 0.0588. The lowest BCUT2D eigenvalue weighted by atomic mass is 10.2. The Labute approximate surface area is 127 Å². The van der Waals surface area contributed by atoms with Crippen molar-refractivity contribution in [2.75, 3.05) is 6.54 Å². The SMILES string of the molecule is C#CCNC(=O)C=Cc1ccc(Oc2cccnc2)c(F)c1. The lowest BCUT2D eigenvalue weighted by Gasteiger charge is -2.06. The van der Waals surface area contributed by atoms with Gasteiger partial charge >= 0.3 is 0 Å². The van der Waals surface area contributed by atoms with Gasteiger partial charge in [0.2, 0.25) is 5.91 Å². The molecule has 1 aromatic heterocycles. The number of amides is 1. The van der Waals surface area contributed by atoms with Crippen molar-refractivity contribution in [1.29, 1.82) is 0 Å². The number of benzene rings is 1. The van der Waals surface area contributed by atoms with Crippen molar-refractivity contribution < 1.29 is 13.9 Å². The first-order valence-corrected chi connectivity index (χ1v) is 6.46. The van der Waals surface area contributed by atoms with E-state index < -0.39 is 5.82 Å². The van der Waals surface area contributed by atoms with Crippen molar-refractivity contribution in [3.05, 3.63) is 60.2 Å². The molecule has 2 aromatic rings. The monoisotopic (exact) mass is 296 g/mol. The molecule has 110 valence electrons. The van der Waals surface area contributed by atoms with Crippen molar-refractivity contribution in [3.8, 4) is 23.8 Å². The molecule has 0 aliphatic heterocycles. The van der Waals surface area contributed by atoms with Gasteiger partial charge in [0.15, 0.2) is 11.6 Å². The van der Waals surface area contributed by atoms with E-state index in [-0.39, 0.29) is 18.2 Å². The summed E-state index contributed by atoms with van der Waals surface area (Å²) >= 11 is 0. The Balaban J connectivity index is 2.05. The maximum absolute atomic E-state index is 14.0. The Kier molecular flexibility index (Phi) is 5.27. The van der Waals surface area contributed by atoms with E-state index in [4.69, 9.17) is 11.2 Å². The molecule has 2 rings (SSSR count). The smallest absolute Gasteiger partial charge is 0.244 e. The molecule has 22 heavy (non-hydrogen) atoms. The van der Waals surface area contributed by atoms with E-state index in [1.54, 1.807) is 24.4 Å². The Bertz CT molecular complexity index is 721. The minimum Gasteiger partial charge on any atom is -0.453 e. The molecule has 0 radical (unpaired) electrons.